The van der Waals surface area contributed by atoms with E-state index in [0.29, 0.717) is 5.82 Å². The molecule has 37 heavy (non-hydrogen) atoms. The molecule has 1 aliphatic heterocycles. The Hall–Kier alpha value is -4.26. The van der Waals surface area contributed by atoms with Gasteiger partial charge in [-0.1, -0.05) is 78.9 Å². The van der Waals surface area contributed by atoms with E-state index in [1.54, 1.807) is 0 Å². The largest absolute Gasteiger partial charge is 1.00 e. The Balaban J connectivity index is 0.000000274. The van der Waals surface area contributed by atoms with Crippen LogP contribution in [0.3, 0.4) is 0 Å². The third-order valence-corrected chi connectivity index (χ3v) is 5.87. The van der Waals surface area contributed by atoms with Crippen molar-refractivity contribution in [2.45, 2.75) is 0 Å². The highest BCUT2D eigenvalue weighted by Gasteiger charge is 2.24. The Labute approximate surface area is 223 Å². The second-order valence-electron chi connectivity index (χ2n) is 8.54. The lowest BCUT2D eigenvalue weighted by Gasteiger charge is -2.27. The van der Waals surface area contributed by atoms with Crippen LogP contribution in [0, 0.1) is 0 Å². The zero-order valence-corrected chi connectivity index (χ0v) is 21.6. The highest BCUT2D eigenvalue weighted by atomic mass is 35.5. The number of hydrazine groups is 1. The van der Waals surface area contributed by atoms with Gasteiger partial charge in [-0.05, 0) is 57.8 Å². The number of hydrogen-bond acceptors (Lipinski definition) is 4. The number of nitrogens with zero attached hydrogens (tertiary/aromatic N) is 6. The molecule has 0 bridgehead atoms. The molecule has 0 saturated carbocycles. The summed E-state index contributed by atoms with van der Waals surface area (Å²) < 4.78 is 0. The number of para-hydroxylation sites is 1. The van der Waals surface area contributed by atoms with Crippen LogP contribution in [0.1, 0.15) is 0 Å². The van der Waals surface area contributed by atoms with Gasteiger partial charge in [0, 0.05) is 30.5 Å². The van der Waals surface area contributed by atoms with E-state index in [2.05, 4.69) is 58.7 Å². The smallest absolute Gasteiger partial charge is 0.340 e. The molecule has 2 heterocycles. The average molecular weight is 509 g/mol. The van der Waals surface area contributed by atoms with Crippen molar-refractivity contribution in [3.63, 3.8) is 0 Å². The fraction of sp³-hybridized carbons (Fsp3) is 0.100. The predicted octanol–water partition coefficient (Wildman–Crippen LogP) is 2.22. The Bertz CT molecular complexity index is 1490. The van der Waals surface area contributed by atoms with Gasteiger partial charge in [-0.2, -0.15) is 0 Å². The van der Waals surface area contributed by atoms with Crippen LogP contribution in [-0.4, -0.2) is 45.7 Å². The minimum Gasteiger partial charge on any atom is -1.00 e. The summed E-state index contributed by atoms with van der Waals surface area (Å²) in [5.41, 5.74) is 2.94. The normalized spacial score (nSPS) is 12.2. The van der Waals surface area contributed by atoms with Crippen LogP contribution in [0.15, 0.2) is 128 Å². The number of benzene rings is 4. The molecular formula is C30H29ClN6. The summed E-state index contributed by atoms with van der Waals surface area (Å²) >= 11 is 0. The lowest BCUT2D eigenvalue weighted by Crippen LogP contribution is -3.00. The maximum Gasteiger partial charge on any atom is 0.340 e. The standard InChI is InChI=1S/C23H17N4.C7H12N2.ClH/c1-3-11-19(12-4-1)23-24-26(20-14-5-2-6-15-20)27(25-23)22-17-9-13-18-10-7-8-16-21(18)22;1-8(2)9-6-4-3-5-7-9;/h1-17H;3-6H,7H2,1-2H3;1H/q+1;;/p-1. The molecule has 0 unspecified atom stereocenters. The third-order valence-electron chi connectivity index (χ3n) is 5.87. The molecule has 6 rings (SSSR count). The fourth-order valence-corrected chi connectivity index (χ4v) is 4.01. The number of allylic oxidation sites excluding steroid dienone is 2. The average Bonchev–Trinajstić information content (AvgIpc) is 3.40. The monoisotopic (exact) mass is 508 g/mol. The highest BCUT2D eigenvalue weighted by Crippen LogP contribution is 2.20. The summed E-state index contributed by atoms with van der Waals surface area (Å²) in [5, 5.41) is 16.1. The Morgan fingerprint density at radius 1 is 0.757 bits per heavy atom. The maximum absolute atomic E-state index is 4.85. The van der Waals surface area contributed by atoms with Crippen LogP contribution in [0.2, 0.25) is 0 Å². The van der Waals surface area contributed by atoms with Crippen LogP contribution in [-0.2, 0) is 0 Å². The first-order valence-corrected chi connectivity index (χ1v) is 12.0. The molecule has 186 valence electrons. The van der Waals surface area contributed by atoms with E-state index in [-0.39, 0.29) is 12.4 Å². The lowest BCUT2D eigenvalue weighted by atomic mass is 10.1. The van der Waals surface area contributed by atoms with Gasteiger partial charge in [0.05, 0.1) is 17.2 Å². The first kappa shape index (κ1) is 25.8. The number of rotatable bonds is 4. The van der Waals surface area contributed by atoms with Gasteiger partial charge >= 0.3 is 5.82 Å². The van der Waals surface area contributed by atoms with Crippen LogP contribution in [0.25, 0.3) is 33.5 Å². The van der Waals surface area contributed by atoms with Gasteiger partial charge in [-0.15, -0.1) is 0 Å². The van der Waals surface area contributed by atoms with Gasteiger partial charge in [0.2, 0.25) is 0 Å². The zero-order chi connectivity index (χ0) is 24.7. The fourth-order valence-electron chi connectivity index (χ4n) is 4.01. The second kappa shape index (κ2) is 12.1. The van der Waals surface area contributed by atoms with Crippen molar-refractivity contribution in [2.24, 2.45) is 0 Å². The van der Waals surface area contributed by atoms with Crippen LogP contribution < -0.4 is 17.2 Å². The van der Waals surface area contributed by atoms with Crippen molar-refractivity contribution in [1.82, 2.24) is 25.0 Å². The second-order valence-corrected chi connectivity index (χ2v) is 8.54. The molecule has 0 atom stereocenters. The van der Waals surface area contributed by atoms with Gasteiger partial charge in [0.1, 0.15) is 5.69 Å². The van der Waals surface area contributed by atoms with Crippen LogP contribution in [0.4, 0.5) is 0 Å². The number of tetrazole rings is 1. The first-order valence-electron chi connectivity index (χ1n) is 12.0. The number of halogens is 1. The number of fused-ring (bicyclic) bond motifs is 1. The third kappa shape index (κ3) is 5.94. The first-order chi connectivity index (χ1) is 17.7. The molecule has 5 aromatic rings. The van der Waals surface area contributed by atoms with Crippen LogP contribution in [0.5, 0.6) is 0 Å². The van der Waals surface area contributed by atoms with Gasteiger partial charge in [0.25, 0.3) is 0 Å². The molecule has 4 aromatic carbocycles. The Kier molecular flexibility index (Phi) is 8.46. The van der Waals surface area contributed by atoms with Crippen molar-refractivity contribution < 1.29 is 17.2 Å². The van der Waals surface area contributed by atoms with E-state index in [0.717, 1.165) is 28.9 Å². The molecule has 0 N–H and O–H groups in total. The van der Waals surface area contributed by atoms with E-state index < -0.39 is 0 Å². The summed E-state index contributed by atoms with van der Waals surface area (Å²) in [5.74, 6) is 0.687. The number of aromatic nitrogens is 4. The van der Waals surface area contributed by atoms with Crippen molar-refractivity contribution in [3.8, 4) is 22.8 Å². The number of hydrogen-bond donors (Lipinski definition) is 0. The summed E-state index contributed by atoms with van der Waals surface area (Å²) in [7, 11) is 4.06. The summed E-state index contributed by atoms with van der Waals surface area (Å²) in [4.78, 5) is 3.73. The van der Waals surface area contributed by atoms with Gasteiger partial charge < -0.3 is 17.4 Å². The van der Waals surface area contributed by atoms with Crippen LogP contribution >= 0.6 is 0 Å². The molecule has 7 heteroatoms. The molecule has 1 aromatic heterocycles. The van der Waals surface area contributed by atoms with Crippen molar-refractivity contribution in [1.29, 1.82) is 0 Å². The van der Waals surface area contributed by atoms with Gasteiger partial charge in [-0.3, -0.25) is 0 Å². The lowest BCUT2D eigenvalue weighted by molar-refractivity contribution is -0.733. The van der Waals surface area contributed by atoms with Crippen molar-refractivity contribution in [2.75, 3.05) is 20.6 Å². The molecule has 0 saturated heterocycles. The quantitative estimate of drug-likeness (QED) is 0.349. The maximum atomic E-state index is 4.85. The molecule has 0 aliphatic carbocycles. The molecule has 0 fully saturated rings. The topological polar surface area (TPSA) is 41.1 Å². The SMILES string of the molecule is CN(C)N1C=CC=CC1.[Cl-].c1ccc(-c2nn(-c3ccccc3)[n+](-c3cccc4ccccc34)n2)cc1. The molecule has 6 nitrogen and oxygen atoms in total. The Morgan fingerprint density at radius 2 is 1.43 bits per heavy atom. The van der Waals surface area contributed by atoms with Gasteiger partial charge in [-0.25, -0.2) is 5.01 Å². The Morgan fingerprint density at radius 3 is 2.11 bits per heavy atom. The minimum absolute atomic E-state index is 0. The van der Waals surface area contributed by atoms with Crippen molar-refractivity contribution in [3.05, 3.63) is 128 Å². The van der Waals surface area contributed by atoms with Gasteiger partial charge in [0.15, 0.2) is 5.69 Å². The predicted molar refractivity (Wildman–Crippen MR) is 145 cm³/mol. The van der Waals surface area contributed by atoms with E-state index in [9.17, 15) is 0 Å². The molecule has 0 amide bonds. The summed E-state index contributed by atoms with van der Waals surface area (Å²) in [6.45, 7) is 0.990. The van der Waals surface area contributed by atoms with E-state index >= 15 is 0 Å². The molecular weight excluding hydrogens is 480 g/mol. The molecule has 0 spiro atoms. The molecule has 0 radical (unpaired) electrons. The van der Waals surface area contributed by atoms with Crippen molar-refractivity contribution >= 4 is 10.8 Å². The van der Waals surface area contributed by atoms with E-state index in [1.165, 1.54) is 5.39 Å². The summed E-state index contributed by atoms with van der Waals surface area (Å²) in [6, 6.07) is 34.7. The van der Waals surface area contributed by atoms with E-state index in [4.69, 9.17) is 10.2 Å². The highest BCUT2D eigenvalue weighted by molar-refractivity contribution is 5.88. The van der Waals surface area contributed by atoms with E-state index in [1.807, 2.05) is 103 Å². The molecule has 1 aliphatic rings. The minimum atomic E-state index is 0. The zero-order valence-electron chi connectivity index (χ0n) is 20.9. The summed E-state index contributed by atoms with van der Waals surface area (Å²) in [6.07, 6.45) is 8.27.